The van der Waals surface area contributed by atoms with Crippen molar-refractivity contribution in [3.8, 4) is 39.4 Å². The van der Waals surface area contributed by atoms with Gasteiger partial charge in [-0.1, -0.05) is 73.3 Å². The summed E-state index contributed by atoms with van der Waals surface area (Å²) in [4.78, 5) is 31.7. The number of aromatic nitrogens is 2. The number of pyridine rings is 2. The van der Waals surface area contributed by atoms with Gasteiger partial charge in [-0.25, -0.2) is 9.59 Å². The van der Waals surface area contributed by atoms with E-state index in [0.29, 0.717) is 11.3 Å². The van der Waals surface area contributed by atoms with E-state index in [1.165, 1.54) is 6.92 Å². The molecule has 2 aromatic heterocycles. The summed E-state index contributed by atoms with van der Waals surface area (Å²) < 4.78 is 9.97. The maximum Gasteiger partial charge on any atom is 0.412 e. The fraction of sp³-hybridized carbons (Fsp3) is 0.136. The van der Waals surface area contributed by atoms with Crippen molar-refractivity contribution in [2.75, 3.05) is 13.2 Å². The van der Waals surface area contributed by atoms with E-state index in [1.807, 2.05) is 91.0 Å². The molecule has 3 N–H and O–H groups in total. The van der Waals surface area contributed by atoms with E-state index < -0.39 is 24.3 Å². The number of hydrogen-bond donors (Lipinski definition) is 3. The molecule has 0 spiro atoms. The Balaban J connectivity index is 0.000000239. The van der Waals surface area contributed by atoms with Gasteiger partial charge < -0.3 is 25.0 Å². The minimum Gasteiger partial charge on any atom is -0.460 e. The van der Waals surface area contributed by atoms with Crippen molar-refractivity contribution >= 4 is 12.1 Å². The Morgan fingerprint density at radius 2 is 1.19 bits per heavy atom. The van der Waals surface area contributed by atoms with Crippen molar-refractivity contribution in [1.29, 1.82) is 0 Å². The molecule has 54 heavy (non-hydrogen) atoms. The third-order valence-electron chi connectivity index (χ3n) is 7.82. The minimum atomic E-state index is -0.865. The molecule has 0 saturated carbocycles. The standard InChI is InChI=1S/C22H14N2.C22H25NO6.Ir/c1-3-13-23-21(11-1)19-9-5-7-17(15-19)18-8-6-10-20(16-18)22-12-2-4-14-24-22;1-15(2)21(26)28-13-12-23-22(27)29-18-10-8-17(9-11-18)20(25)14-19(24)16-6-4-3-5-7-16;/h1-14H;3-11,19-20,24-25H,1,12-14H2,2H3,(H,23,27);/q-2;;. The summed E-state index contributed by atoms with van der Waals surface area (Å²) in [6.45, 7) is 5.10. The minimum absolute atomic E-state index is 0. The number of aliphatic hydroxyl groups excluding tert-OH is 2. The first kappa shape index (κ1) is 41.0. The first-order valence-electron chi connectivity index (χ1n) is 16.9. The first-order valence-corrected chi connectivity index (χ1v) is 16.9. The van der Waals surface area contributed by atoms with Gasteiger partial charge in [0.05, 0.1) is 18.8 Å². The molecule has 6 rings (SSSR count). The van der Waals surface area contributed by atoms with E-state index >= 15 is 0 Å². The Bertz CT molecular complexity index is 2000. The molecular weight excluding hydrogens is 859 g/mol. The quantitative estimate of drug-likeness (QED) is 0.0486. The van der Waals surface area contributed by atoms with Gasteiger partial charge in [-0.05, 0) is 42.3 Å². The van der Waals surface area contributed by atoms with Crippen molar-refractivity contribution in [3.05, 3.63) is 175 Å². The molecule has 1 radical (unpaired) electrons. The number of amides is 1. The van der Waals surface area contributed by atoms with Gasteiger partial charge in [-0.15, -0.1) is 35.4 Å². The van der Waals surface area contributed by atoms with Crippen molar-refractivity contribution in [3.63, 3.8) is 0 Å². The number of carbonyl (C=O) groups excluding carboxylic acids is 2. The van der Waals surface area contributed by atoms with Crippen LogP contribution in [0.15, 0.2) is 152 Å². The molecule has 2 heterocycles. The Hall–Kier alpha value is -5.77. The second kappa shape index (κ2) is 21.1. The van der Waals surface area contributed by atoms with Gasteiger partial charge in [-0.2, -0.15) is 35.4 Å². The molecule has 277 valence electrons. The first-order chi connectivity index (χ1) is 25.8. The molecular formula is C44H39IrN3O6-2. The summed E-state index contributed by atoms with van der Waals surface area (Å²) in [6, 6.07) is 46.3. The molecule has 6 aromatic rings. The Morgan fingerprint density at radius 1 is 0.685 bits per heavy atom. The van der Waals surface area contributed by atoms with Crippen molar-refractivity contribution < 1.29 is 49.4 Å². The average Bonchev–Trinajstić information content (AvgIpc) is 3.21. The molecule has 4 aromatic carbocycles. The Kier molecular flexibility index (Phi) is 16.0. The maximum atomic E-state index is 11.7. The van der Waals surface area contributed by atoms with Crippen LogP contribution in [-0.2, 0) is 29.6 Å². The van der Waals surface area contributed by atoms with Gasteiger partial charge in [-0.3, -0.25) is 9.97 Å². The van der Waals surface area contributed by atoms with Crippen LogP contribution in [0.5, 0.6) is 5.75 Å². The van der Waals surface area contributed by atoms with Gasteiger partial charge >= 0.3 is 12.1 Å². The molecule has 0 fully saturated rings. The molecule has 1 amide bonds. The molecule has 9 nitrogen and oxygen atoms in total. The fourth-order valence-electron chi connectivity index (χ4n) is 5.08. The monoisotopic (exact) mass is 898 g/mol. The van der Waals surface area contributed by atoms with Gasteiger partial charge in [0.15, 0.2) is 0 Å². The zero-order chi connectivity index (χ0) is 37.4. The van der Waals surface area contributed by atoms with E-state index in [4.69, 9.17) is 9.47 Å². The summed E-state index contributed by atoms with van der Waals surface area (Å²) in [6.07, 6.45) is 1.40. The molecule has 0 saturated heterocycles. The molecule has 0 aliphatic carbocycles. The normalized spacial score (nSPS) is 11.4. The van der Waals surface area contributed by atoms with Gasteiger partial charge in [0.2, 0.25) is 0 Å². The number of rotatable bonds is 12. The van der Waals surface area contributed by atoms with E-state index in [0.717, 1.165) is 39.2 Å². The van der Waals surface area contributed by atoms with Crippen LogP contribution in [0.2, 0.25) is 0 Å². The van der Waals surface area contributed by atoms with Crippen molar-refractivity contribution in [2.45, 2.75) is 25.6 Å². The Labute approximate surface area is 328 Å². The predicted octanol–water partition coefficient (Wildman–Crippen LogP) is 8.13. The van der Waals surface area contributed by atoms with E-state index in [9.17, 15) is 19.8 Å². The van der Waals surface area contributed by atoms with E-state index in [-0.39, 0.29) is 45.3 Å². The molecule has 2 unspecified atom stereocenters. The van der Waals surface area contributed by atoms with Crippen LogP contribution < -0.4 is 10.1 Å². The average molecular weight is 898 g/mol. The maximum absolute atomic E-state index is 11.7. The third kappa shape index (κ3) is 12.4. The van der Waals surface area contributed by atoms with Crippen LogP contribution in [0, 0.1) is 12.1 Å². The van der Waals surface area contributed by atoms with Gasteiger partial charge in [0.25, 0.3) is 0 Å². The van der Waals surface area contributed by atoms with Crippen LogP contribution in [0.25, 0.3) is 33.6 Å². The number of nitrogens with one attached hydrogen (secondary N) is 1. The van der Waals surface area contributed by atoms with Crippen LogP contribution in [0.4, 0.5) is 4.79 Å². The second-order valence-electron chi connectivity index (χ2n) is 11.9. The van der Waals surface area contributed by atoms with E-state index in [1.54, 1.807) is 48.8 Å². The van der Waals surface area contributed by atoms with Crippen LogP contribution in [-0.4, -0.2) is 45.4 Å². The largest absolute Gasteiger partial charge is 0.460 e. The van der Waals surface area contributed by atoms with Crippen LogP contribution in [0.1, 0.15) is 36.7 Å². The number of ether oxygens (including phenoxy) is 2. The molecule has 0 aliphatic rings. The summed E-state index contributed by atoms with van der Waals surface area (Å²) in [5.74, 6) is -0.229. The Morgan fingerprint density at radius 3 is 1.69 bits per heavy atom. The molecule has 2 atom stereocenters. The molecule has 0 bridgehead atoms. The zero-order valence-electron chi connectivity index (χ0n) is 29.5. The summed E-state index contributed by atoms with van der Waals surface area (Å²) in [5.41, 5.74) is 7.39. The number of nitrogens with zero attached hydrogens (tertiary/aromatic N) is 2. The van der Waals surface area contributed by atoms with Crippen LogP contribution in [0.3, 0.4) is 0 Å². The number of esters is 1. The van der Waals surface area contributed by atoms with Crippen molar-refractivity contribution in [1.82, 2.24) is 15.3 Å². The number of carbonyl (C=O) groups is 2. The van der Waals surface area contributed by atoms with Crippen molar-refractivity contribution in [2.24, 2.45) is 0 Å². The van der Waals surface area contributed by atoms with Gasteiger partial charge in [0, 0.05) is 55.9 Å². The topological polar surface area (TPSA) is 131 Å². The summed E-state index contributed by atoms with van der Waals surface area (Å²) in [5, 5.41) is 23.0. The second-order valence-corrected chi connectivity index (χ2v) is 11.9. The predicted molar refractivity (Wildman–Crippen MR) is 203 cm³/mol. The smallest absolute Gasteiger partial charge is 0.412 e. The van der Waals surface area contributed by atoms with Gasteiger partial charge in [0.1, 0.15) is 12.4 Å². The van der Waals surface area contributed by atoms with Crippen LogP contribution >= 0.6 is 0 Å². The molecule has 10 heteroatoms. The third-order valence-corrected chi connectivity index (χ3v) is 7.82. The SMILES string of the molecule is C=C(C)C(=O)OCCNC(=O)Oc1ccc(C(O)CC(O)c2ccccc2)cc1.[Ir].[c-]1c(-c2[c-]c(-c3ccccn3)ccc2)cccc1-c1ccccn1. The number of benzene rings is 4. The molecule has 0 aliphatic heterocycles. The number of hydrogen-bond acceptors (Lipinski definition) is 8. The summed E-state index contributed by atoms with van der Waals surface area (Å²) >= 11 is 0. The van der Waals surface area contributed by atoms with E-state index in [2.05, 4.69) is 34.0 Å². The zero-order valence-corrected chi connectivity index (χ0v) is 31.9. The summed E-state index contributed by atoms with van der Waals surface area (Å²) in [7, 11) is 0. The fourth-order valence-corrected chi connectivity index (χ4v) is 5.08. The number of aliphatic hydroxyl groups is 2.